The number of anilines is 2. The van der Waals surface area contributed by atoms with Gasteiger partial charge in [0.1, 0.15) is 11.5 Å². The highest BCUT2D eigenvalue weighted by Crippen LogP contribution is 2.27. The van der Waals surface area contributed by atoms with Crippen LogP contribution in [0.25, 0.3) is 17.4 Å². The molecule has 0 saturated heterocycles. The van der Waals surface area contributed by atoms with E-state index in [-0.39, 0.29) is 16.8 Å². The molecule has 0 aliphatic carbocycles. The number of furan rings is 1. The maximum atomic E-state index is 12.4. The third-order valence-electron chi connectivity index (χ3n) is 5.07. The van der Waals surface area contributed by atoms with Gasteiger partial charge in [-0.1, -0.05) is 46.9 Å². The molecule has 0 unspecified atom stereocenters. The van der Waals surface area contributed by atoms with Crippen molar-refractivity contribution in [1.29, 1.82) is 0 Å². The molecule has 1 aromatic heterocycles. The Morgan fingerprint density at radius 2 is 1.51 bits per heavy atom. The van der Waals surface area contributed by atoms with E-state index in [4.69, 9.17) is 39.2 Å². The van der Waals surface area contributed by atoms with Crippen molar-refractivity contribution in [3.8, 4) is 11.3 Å². The zero-order valence-corrected chi connectivity index (χ0v) is 20.7. The Balaban J connectivity index is 1.34. The van der Waals surface area contributed by atoms with Crippen LogP contribution in [0.2, 0.25) is 15.1 Å². The predicted octanol–water partition coefficient (Wildman–Crippen LogP) is 8.12. The number of carbonyl (C=O) groups excluding carboxylic acids is 2. The van der Waals surface area contributed by atoms with Gasteiger partial charge in [0.05, 0.1) is 10.6 Å². The topological polar surface area (TPSA) is 71.3 Å². The lowest BCUT2D eigenvalue weighted by atomic mass is 10.1. The van der Waals surface area contributed by atoms with Crippen molar-refractivity contribution < 1.29 is 14.0 Å². The quantitative estimate of drug-likeness (QED) is 0.250. The average Bonchev–Trinajstić information content (AvgIpc) is 3.30. The first-order chi connectivity index (χ1) is 16.8. The molecule has 0 atom stereocenters. The van der Waals surface area contributed by atoms with E-state index >= 15 is 0 Å². The molecule has 8 heteroatoms. The minimum absolute atomic E-state index is 0.261. The van der Waals surface area contributed by atoms with E-state index in [9.17, 15) is 9.59 Å². The summed E-state index contributed by atoms with van der Waals surface area (Å²) in [6, 6.07) is 20.6. The summed E-state index contributed by atoms with van der Waals surface area (Å²) in [6.45, 7) is 1.93. The summed E-state index contributed by atoms with van der Waals surface area (Å²) in [6.07, 6.45) is 2.96. The highest BCUT2D eigenvalue weighted by Gasteiger charge is 2.11. The molecule has 2 N–H and O–H groups in total. The third-order valence-corrected chi connectivity index (χ3v) is 6.02. The fraction of sp³-hybridized carbons (Fsp3) is 0.0370. The zero-order valence-electron chi connectivity index (χ0n) is 18.4. The fourth-order valence-electron chi connectivity index (χ4n) is 3.19. The van der Waals surface area contributed by atoms with Gasteiger partial charge >= 0.3 is 0 Å². The SMILES string of the molecule is Cc1ccc(-c2ccc(C=CC(=O)Nc3ccc(NC(=O)c4ccc(Cl)cc4Cl)cc3)o2)cc1Cl. The minimum Gasteiger partial charge on any atom is -0.457 e. The van der Waals surface area contributed by atoms with Crippen molar-refractivity contribution in [3.05, 3.63) is 111 Å². The number of hydrogen-bond donors (Lipinski definition) is 2. The van der Waals surface area contributed by atoms with E-state index in [1.54, 1.807) is 48.5 Å². The molecular formula is C27H19Cl3N2O3. The van der Waals surface area contributed by atoms with Gasteiger partial charge in [0.2, 0.25) is 5.91 Å². The van der Waals surface area contributed by atoms with Crippen LogP contribution < -0.4 is 10.6 Å². The Kier molecular flexibility index (Phi) is 7.61. The van der Waals surface area contributed by atoms with Crippen molar-refractivity contribution in [1.82, 2.24) is 0 Å². The van der Waals surface area contributed by atoms with E-state index in [1.807, 2.05) is 31.2 Å². The fourth-order valence-corrected chi connectivity index (χ4v) is 3.87. The van der Waals surface area contributed by atoms with Gasteiger partial charge in [-0.25, -0.2) is 0 Å². The first-order valence-corrected chi connectivity index (χ1v) is 11.6. The number of aryl methyl sites for hydroxylation is 1. The second-order valence-corrected chi connectivity index (χ2v) is 8.90. The second-order valence-electron chi connectivity index (χ2n) is 7.64. The molecule has 0 aliphatic rings. The van der Waals surface area contributed by atoms with Crippen LogP contribution in [0.3, 0.4) is 0 Å². The normalized spacial score (nSPS) is 11.0. The van der Waals surface area contributed by atoms with Crippen LogP contribution in [0.1, 0.15) is 21.7 Å². The maximum Gasteiger partial charge on any atom is 0.257 e. The van der Waals surface area contributed by atoms with E-state index in [1.165, 1.54) is 12.1 Å². The number of halogens is 3. The van der Waals surface area contributed by atoms with Crippen molar-refractivity contribution in [2.75, 3.05) is 10.6 Å². The van der Waals surface area contributed by atoms with Crippen molar-refractivity contribution in [3.63, 3.8) is 0 Å². The molecule has 3 aromatic carbocycles. The largest absolute Gasteiger partial charge is 0.457 e. The number of rotatable bonds is 6. The third kappa shape index (κ3) is 6.34. The van der Waals surface area contributed by atoms with Crippen LogP contribution in [0.15, 0.2) is 83.3 Å². The molecule has 0 saturated carbocycles. The summed E-state index contributed by atoms with van der Waals surface area (Å²) in [5.41, 5.74) is 3.27. The Bertz CT molecular complexity index is 1430. The molecule has 2 amide bonds. The van der Waals surface area contributed by atoms with Gasteiger partial charge < -0.3 is 15.1 Å². The molecule has 4 rings (SSSR count). The number of carbonyl (C=O) groups is 2. The summed E-state index contributed by atoms with van der Waals surface area (Å²) in [4.78, 5) is 24.7. The van der Waals surface area contributed by atoms with Gasteiger partial charge in [0.15, 0.2) is 0 Å². The molecule has 176 valence electrons. The highest BCUT2D eigenvalue weighted by molar-refractivity contribution is 6.37. The molecule has 0 bridgehead atoms. The molecule has 4 aromatic rings. The summed E-state index contributed by atoms with van der Waals surface area (Å²) >= 11 is 18.1. The standard InChI is InChI=1S/C27H19Cl3N2O3/c1-16-2-3-17(14-23(16)29)25-12-9-21(35-25)10-13-26(33)31-19-5-7-20(8-6-19)32-27(34)22-11-4-18(28)15-24(22)30/h2-15H,1H3,(H,31,33)(H,32,34). The predicted molar refractivity (Wildman–Crippen MR) is 142 cm³/mol. The lowest BCUT2D eigenvalue weighted by Crippen LogP contribution is -2.12. The Morgan fingerprint density at radius 1 is 0.800 bits per heavy atom. The van der Waals surface area contributed by atoms with Crippen LogP contribution in [0.5, 0.6) is 0 Å². The van der Waals surface area contributed by atoms with Gasteiger partial charge in [-0.2, -0.15) is 0 Å². The summed E-state index contributed by atoms with van der Waals surface area (Å²) in [7, 11) is 0. The number of amides is 2. The van der Waals surface area contributed by atoms with Gasteiger partial charge in [0, 0.05) is 33.1 Å². The first kappa shape index (κ1) is 24.6. The Hall–Kier alpha value is -3.51. The van der Waals surface area contributed by atoms with Crippen LogP contribution in [0, 0.1) is 6.92 Å². The van der Waals surface area contributed by atoms with Gasteiger partial charge in [0.25, 0.3) is 5.91 Å². The highest BCUT2D eigenvalue weighted by atomic mass is 35.5. The van der Waals surface area contributed by atoms with Crippen LogP contribution in [-0.2, 0) is 4.79 Å². The smallest absolute Gasteiger partial charge is 0.257 e. The Labute approximate surface area is 217 Å². The lowest BCUT2D eigenvalue weighted by molar-refractivity contribution is -0.111. The molecule has 1 heterocycles. The minimum atomic E-state index is -0.364. The maximum absolute atomic E-state index is 12.4. The number of hydrogen-bond acceptors (Lipinski definition) is 3. The number of nitrogens with one attached hydrogen (secondary N) is 2. The zero-order chi connectivity index (χ0) is 24.9. The van der Waals surface area contributed by atoms with Gasteiger partial charge in [-0.05, 0) is 79.2 Å². The molecule has 0 fully saturated rings. The summed E-state index contributed by atoms with van der Waals surface area (Å²) < 4.78 is 5.79. The molecule has 35 heavy (non-hydrogen) atoms. The van der Waals surface area contributed by atoms with Crippen molar-refractivity contribution in [2.24, 2.45) is 0 Å². The molecular weight excluding hydrogens is 507 g/mol. The van der Waals surface area contributed by atoms with Gasteiger partial charge in [-0.15, -0.1) is 0 Å². The van der Waals surface area contributed by atoms with Crippen molar-refractivity contribution in [2.45, 2.75) is 6.92 Å². The van der Waals surface area contributed by atoms with E-state index in [2.05, 4.69) is 10.6 Å². The van der Waals surface area contributed by atoms with E-state index in [0.29, 0.717) is 38.5 Å². The lowest BCUT2D eigenvalue weighted by Gasteiger charge is -2.08. The molecule has 0 spiro atoms. The van der Waals surface area contributed by atoms with Gasteiger partial charge in [-0.3, -0.25) is 9.59 Å². The monoisotopic (exact) mass is 524 g/mol. The van der Waals surface area contributed by atoms with Crippen LogP contribution in [-0.4, -0.2) is 11.8 Å². The number of benzene rings is 3. The van der Waals surface area contributed by atoms with Crippen LogP contribution >= 0.6 is 34.8 Å². The average molecular weight is 526 g/mol. The van der Waals surface area contributed by atoms with E-state index < -0.39 is 0 Å². The second kappa shape index (κ2) is 10.8. The molecule has 0 radical (unpaired) electrons. The van der Waals surface area contributed by atoms with Crippen LogP contribution in [0.4, 0.5) is 11.4 Å². The Morgan fingerprint density at radius 3 is 2.20 bits per heavy atom. The molecule has 0 aliphatic heterocycles. The van der Waals surface area contributed by atoms with E-state index in [0.717, 1.165) is 11.1 Å². The first-order valence-electron chi connectivity index (χ1n) is 10.5. The van der Waals surface area contributed by atoms with Crippen molar-refractivity contribution >= 4 is 64.1 Å². The molecule has 5 nitrogen and oxygen atoms in total. The summed E-state index contributed by atoms with van der Waals surface area (Å²) in [5.74, 6) is 0.499. The summed E-state index contributed by atoms with van der Waals surface area (Å²) in [5, 5.41) is 6.88.